The first kappa shape index (κ1) is 20.1. The molecular formula is C22H29N3O3. The number of aromatic nitrogens is 1. The van der Waals surface area contributed by atoms with Crippen LogP contribution in [0.5, 0.6) is 5.75 Å². The lowest BCUT2D eigenvalue weighted by atomic mass is 10.0. The molecule has 1 fully saturated rings. The molecule has 1 aliphatic heterocycles. The minimum atomic E-state index is -0.508. The summed E-state index contributed by atoms with van der Waals surface area (Å²) < 4.78 is 11.2. The molecular weight excluding hydrogens is 354 g/mol. The Balaban J connectivity index is 1.61. The van der Waals surface area contributed by atoms with Crippen LogP contribution in [0.1, 0.15) is 32.8 Å². The van der Waals surface area contributed by atoms with Crippen molar-refractivity contribution in [2.45, 2.75) is 45.4 Å². The molecule has 1 aromatic carbocycles. The molecule has 6 nitrogen and oxygen atoms in total. The van der Waals surface area contributed by atoms with E-state index in [1.165, 1.54) is 6.42 Å². The van der Waals surface area contributed by atoms with Gasteiger partial charge in [-0.1, -0.05) is 18.2 Å². The fraction of sp³-hybridized carbons (Fsp3) is 0.455. The predicted molar refractivity (Wildman–Crippen MR) is 109 cm³/mol. The van der Waals surface area contributed by atoms with Gasteiger partial charge in [-0.05, 0) is 64.0 Å². The monoisotopic (exact) mass is 383 g/mol. The van der Waals surface area contributed by atoms with Crippen LogP contribution in [0, 0.1) is 0 Å². The number of carbonyl (C=O) groups excluding carboxylic acids is 1. The van der Waals surface area contributed by atoms with Gasteiger partial charge in [-0.25, -0.2) is 4.79 Å². The van der Waals surface area contributed by atoms with Crippen molar-refractivity contribution in [3.63, 3.8) is 0 Å². The van der Waals surface area contributed by atoms with Gasteiger partial charge >= 0.3 is 6.09 Å². The van der Waals surface area contributed by atoms with Crippen LogP contribution in [0.25, 0.3) is 11.1 Å². The first-order chi connectivity index (χ1) is 13.3. The van der Waals surface area contributed by atoms with Gasteiger partial charge < -0.3 is 14.8 Å². The van der Waals surface area contributed by atoms with Gasteiger partial charge in [-0.15, -0.1) is 0 Å². The number of likely N-dealkylation sites (tertiary alicyclic amines) is 1. The third kappa shape index (κ3) is 5.70. The summed E-state index contributed by atoms with van der Waals surface area (Å²) in [5.74, 6) is 0.773. The van der Waals surface area contributed by atoms with Crippen molar-refractivity contribution in [3.8, 4) is 16.9 Å². The molecule has 150 valence electrons. The Kier molecular flexibility index (Phi) is 6.19. The minimum absolute atomic E-state index is 0.403. The van der Waals surface area contributed by atoms with Gasteiger partial charge in [0.25, 0.3) is 0 Å². The highest BCUT2D eigenvalue weighted by atomic mass is 16.6. The van der Waals surface area contributed by atoms with Crippen molar-refractivity contribution in [3.05, 3.63) is 48.3 Å². The molecule has 6 heteroatoms. The summed E-state index contributed by atoms with van der Waals surface area (Å²) in [6.45, 7) is 7.76. The molecule has 1 aliphatic rings. The number of likely N-dealkylation sites (N-methyl/N-ethyl adjacent to an activating group) is 1. The van der Waals surface area contributed by atoms with E-state index in [4.69, 9.17) is 9.47 Å². The second-order valence-corrected chi connectivity index (χ2v) is 8.20. The van der Waals surface area contributed by atoms with Crippen molar-refractivity contribution in [2.24, 2.45) is 0 Å². The highest BCUT2D eigenvalue weighted by Gasteiger charge is 2.24. The average molecular weight is 383 g/mol. The van der Waals surface area contributed by atoms with E-state index in [1.807, 2.05) is 57.3 Å². The number of alkyl carbamates (subject to hydrolysis) is 1. The Morgan fingerprint density at radius 3 is 2.75 bits per heavy atom. The molecule has 1 aromatic heterocycles. The molecule has 0 saturated carbocycles. The number of rotatable bonds is 6. The van der Waals surface area contributed by atoms with Crippen molar-refractivity contribution in [1.82, 2.24) is 15.2 Å². The predicted octanol–water partition coefficient (Wildman–Crippen LogP) is 3.86. The second kappa shape index (κ2) is 8.61. The third-order valence-corrected chi connectivity index (χ3v) is 4.69. The van der Waals surface area contributed by atoms with Crippen LogP contribution >= 0.6 is 0 Å². The van der Waals surface area contributed by atoms with Crippen molar-refractivity contribution in [1.29, 1.82) is 0 Å². The zero-order chi connectivity index (χ0) is 20.1. The Labute approximate surface area is 166 Å². The first-order valence-electron chi connectivity index (χ1n) is 9.64. The smallest absolute Gasteiger partial charge is 0.407 e. The molecule has 1 saturated heterocycles. The molecule has 2 aromatic rings. The number of pyridine rings is 1. The lowest BCUT2D eigenvalue weighted by molar-refractivity contribution is 0.0523. The molecule has 1 amide bonds. The Bertz CT molecular complexity index is 817. The van der Waals surface area contributed by atoms with E-state index in [2.05, 4.69) is 22.2 Å². The van der Waals surface area contributed by atoms with Gasteiger partial charge in [-0.2, -0.15) is 0 Å². The standard InChI is InChI=1S/C22H29N3O3/c1-22(2,3)28-21(26)24-12-16-6-5-7-17(10-16)18-11-20(14-23-13-18)27-15-19-8-9-25(19)4/h5-7,10-11,13-14,19H,8-9,12,15H2,1-4H3,(H,24,26). The fourth-order valence-electron chi connectivity index (χ4n) is 2.98. The summed E-state index contributed by atoms with van der Waals surface area (Å²) in [5, 5.41) is 2.79. The fourth-order valence-corrected chi connectivity index (χ4v) is 2.98. The Morgan fingerprint density at radius 2 is 2.07 bits per heavy atom. The molecule has 1 atom stereocenters. The minimum Gasteiger partial charge on any atom is -0.490 e. The molecule has 0 radical (unpaired) electrons. The molecule has 1 unspecified atom stereocenters. The molecule has 2 heterocycles. The van der Waals surface area contributed by atoms with Crippen molar-refractivity contribution in [2.75, 3.05) is 20.2 Å². The SMILES string of the molecule is CN1CCC1COc1cncc(-c2cccc(CNC(=O)OC(C)(C)C)c2)c1. The maximum atomic E-state index is 11.8. The van der Waals surface area contributed by atoms with Gasteiger partial charge in [0.2, 0.25) is 0 Å². The summed E-state index contributed by atoms with van der Waals surface area (Å²) in [7, 11) is 2.11. The maximum absolute atomic E-state index is 11.8. The van der Waals surface area contributed by atoms with Gasteiger partial charge in [0.15, 0.2) is 0 Å². The highest BCUT2D eigenvalue weighted by Crippen LogP contribution is 2.24. The largest absolute Gasteiger partial charge is 0.490 e. The molecule has 3 rings (SSSR count). The van der Waals surface area contributed by atoms with E-state index in [0.717, 1.165) is 29.0 Å². The van der Waals surface area contributed by atoms with E-state index in [0.29, 0.717) is 19.2 Å². The summed E-state index contributed by atoms with van der Waals surface area (Å²) in [6.07, 6.45) is 4.32. The molecule has 0 bridgehead atoms. The summed E-state index contributed by atoms with van der Waals surface area (Å²) in [4.78, 5) is 18.5. The number of ether oxygens (including phenoxy) is 2. The first-order valence-corrected chi connectivity index (χ1v) is 9.64. The topological polar surface area (TPSA) is 63.7 Å². The van der Waals surface area contributed by atoms with Crippen LogP contribution in [0.4, 0.5) is 4.79 Å². The molecule has 0 aliphatic carbocycles. The van der Waals surface area contributed by atoms with Crippen LogP contribution in [-0.2, 0) is 11.3 Å². The molecule has 28 heavy (non-hydrogen) atoms. The van der Waals surface area contributed by atoms with Crippen LogP contribution < -0.4 is 10.1 Å². The zero-order valence-corrected chi connectivity index (χ0v) is 17.1. The van der Waals surface area contributed by atoms with Gasteiger partial charge in [0.05, 0.1) is 6.20 Å². The van der Waals surface area contributed by atoms with E-state index < -0.39 is 11.7 Å². The summed E-state index contributed by atoms with van der Waals surface area (Å²) >= 11 is 0. The number of carbonyl (C=O) groups is 1. The third-order valence-electron chi connectivity index (χ3n) is 4.69. The van der Waals surface area contributed by atoms with Crippen LogP contribution in [0.15, 0.2) is 42.7 Å². The zero-order valence-electron chi connectivity index (χ0n) is 17.1. The van der Waals surface area contributed by atoms with Crippen LogP contribution in [0.2, 0.25) is 0 Å². The number of nitrogens with zero attached hydrogens (tertiary/aromatic N) is 2. The average Bonchev–Trinajstić information content (AvgIpc) is 2.64. The van der Waals surface area contributed by atoms with Crippen LogP contribution in [-0.4, -0.2) is 47.8 Å². The van der Waals surface area contributed by atoms with E-state index in [9.17, 15) is 4.79 Å². The van der Waals surface area contributed by atoms with E-state index in [-0.39, 0.29) is 0 Å². The van der Waals surface area contributed by atoms with Gasteiger partial charge in [0.1, 0.15) is 18.0 Å². The van der Waals surface area contributed by atoms with E-state index in [1.54, 1.807) is 6.20 Å². The maximum Gasteiger partial charge on any atom is 0.407 e. The van der Waals surface area contributed by atoms with Crippen LogP contribution in [0.3, 0.4) is 0 Å². The number of benzene rings is 1. The quantitative estimate of drug-likeness (QED) is 0.821. The van der Waals surface area contributed by atoms with Crippen molar-refractivity contribution < 1.29 is 14.3 Å². The number of nitrogens with one attached hydrogen (secondary N) is 1. The Morgan fingerprint density at radius 1 is 1.25 bits per heavy atom. The van der Waals surface area contributed by atoms with Gasteiger partial charge in [0, 0.05) is 24.3 Å². The summed E-state index contributed by atoms with van der Waals surface area (Å²) in [6, 6.07) is 10.5. The Hall–Kier alpha value is -2.60. The summed E-state index contributed by atoms with van der Waals surface area (Å²) in [5.41, 5.74) is 2.50. The van der Waals surface area contributed by atoms with Crippen molar-refractivity contribution >= 4 is 6.09 Å². The second-order valence-electron chi connectivity index (χ2n) is 8.20. The number of amides is 1. The molecule has 0 spiro atoms. The normalized spacial score (nSPS) is 16.9. The van der Waals surface area contributed by atoms with Gasteiger partial charge in [-0.3, -0.25) is 9.88 Å². The number of hydrogen-bond acceptors (Lipinski definition) is 5. The number of hydrogen-bond donors (Lipinski definition) is 1. The highest BCUT2D eigenvalue weighted by molar-refractivity contribution is 5.68. The molecule has 1 N–H and O–H groups in total. The lowest BCUT2D eigenvalue weighted by Gasteiger charge is -2.37. The van der Waals surface area contributed by atoms with E-state index >= 15 is 0 Å². The lowest BCUT2D eigenvalue weighted by Crippen LogP contribution is -2.48.